The van der Waals surface area contributed by atoms with Crippen molar-refractivity contribution in [2.75, 3.05) is 12.9 Å². The molecule has 0 saturated carbocycles. The van der Waals surface area contributed by atoms with E-state index >= 15 is 0 Å². The van der Waals surface area contributed by atoms with E-state index in [1.807, 2.05) is 0 Å². The molecule has 0 spiro atoms. The van der Waals surface area contributed by atoms with Crippen LogP contribution in [0.2, 0.25) is 0 Å². The van der Waals surface area contributed by atoms with Gasteiger partial charge in [0.15, 0.2) is 11.5 Å². The molecular formula is C19H23NO11S. The summed E-state index contributed by atoms with van der Waals surface area (Å²) in [6.45, 7) is 0. The highest BCUT2D eigenvalue weighted by atomic mass is 32.2. The number of methoxy groups -OCH3 is 1. The van der Waals surface area contributed by atoms with Crippen LogP contribution in [0.1, 0.15) is 23.5 Å². The minimum Gasteiger partial charge on any atom is -0.508 e. The Bertz CT molecular complexity index is 1070. The van der Waals surface area contributed by atoms with Gasteiger partial charge in [0.25, 0.3) is 10.1 Å². The van der Waals surface area contributed by atoms with Gasteiger partial charge in [-0.25, -0.2) is 0 Å². The monoisotopic (exact) mass is 473 g/mol. The van der Waals surface area contributed by atoms with Crippen LogP contribution in [0.5, 0.6) is 23.0 Å². The van der Waals surface area contributed by atoms with Gasteiger partial charge < -0.3 is 36.0 Å². The van der Waals surface area contributed by atoms with E-state index in [9.17, 15) is 38.4 Å². The highest BCUT2D eigenvalue weighted by molar-refractivity contribution is 7.85. The van der Waals surface area contributed by atoms with Crippen molar-refractivity contribution in [3.63, 3.8) is 0 Å². The van der Waals surface area contributed by atoms with Crippen LogP contribution in [0.3, 0.4) is 0 Å². The summed E-state index contributed by atoms with van der Waals surface area (Å²) in [6, 6.07) is 6.56. The third kappa shape index (κ3) is 7.94. The van der Waals surface area contributed by atoms with E-state index in [1.165, 1.54) is 43.5 Å². The number of benzene rings is 2. The fourth-order valence-electron chi connectivity index (χ4n) is 2.51. The number of nitrogens with two attached hydrogens (primary N) is 1. The molecule has 0 bridgehead atoms. The van der Waals surface area contributed by atoms with Gasteiger partial charge >= 0.3 is 11.9 Å². The summed E-state index contributed by atoms with van der Waals surface area (Å²) in [5.74, 6) is -4.77. The summed E-state index contributed by atoms with van der Waals surface area (Å²) >= 11 is 0. The van der Waals surface area contributed by atoms with Crippen molar-refractivity contribution in [2.24, 2.45) is 5.73 Å². The lowest BCUT2D eigenvalue weighted by Gasteiger charge is -2.16. The van der Waals surface area contributed by atoms with Crippen LogP contribution < -0.4 is 10.5 Å². The quantitative estimate of drug-likeness (QED) is 0.208. The Morgan fingerprint density at radius 1 is 1.00 bits per heavy atom. The zero-order chi connectivity index (χ0) is 24.6. The van der Waals surface area contributed by atoms with Crippen LogP contribution in [-0.2, 0) is 19.7 Å². The van der Waals surface area contributed by atoms with E-state index in [2.05, 4.69) is 0 Å². The normalized spacial score (nSPS) is 12.7. The van der Waals surface area contributed by atoms with E-state index in [0.717, 1.165) is 0 Å². The minimum absolute atomic E-state index is 0.0343. The molecule has 0 aromatic heterocycles. The summed E-state index contributed by atoms with van der Waals surface area (Å²) in [6.07, 6.45) is -0.284. The van der Waals surface area contributed by atoms with E-state index in [0.29, 0.717) is 0 Å². The van der Waals surface area contributed by atoms with E-state index < -0.39 is 39.8 Å². The molecule has 0 amide bonds. The van der Waals surface area contributed by atoms with Crippen LogP contribution >= 0.6 is 0 Å². The summed E-state index contributed by atoms with van der Waals surface area (Å²) < 4.78 is 33.2. The Kier molecular flexibility index (Phi) is 9.25. The zero-order valence-electron chi connectivity index (χ0n) is 16.7. The zero-order valence-corrected chi connectivity index (χ0v) is 17.6. The van der Waals surface area contributed by atoms with Gasteiger partial charge in [-0.1, -0.05) is 6.07 Å². The van der Waals surface area contributed by atoms with Crippen molar-refractivity contribution in [3.8, 4) is 23.0 Å². The first-order chi connectivity index (χ1) is 14.8. The third-order valence-electron chi connectivity index (χ3n) is 4.11. The standard InChI is InChI=1S/C15H14O6.C4H9NO5S/c1-21-13-5-2-8(6-12(13)18)14(15(19)20)10-7-9(16)3-4-11(10)17;5-3(4(6)7)1-2-11(8,9)10/h2-7,14,16-18H,1H3,(H,19,20);3H,1-2,5H2,(H,6,7)(H,8,9,10)/t;3-/m.0/s1. The minimum atomic E-state index is -4.10. The Morgan fingerprint density at radius 3 is 2.09 bits per heavy atom. The van der Waals surface area contributed by atoms with Crippen molar-refractivity contribution in [1.82, 2.24) is 0 Å². The Morgan fingerprint density at radius 2 is 1.62 bits per heavy atom. The van der Waals surface area contributed by atoms with Crippen LogP contribution in [0.25, 0.3) is 0 Å². The number of phenols is 3. The predicted molar refractivity (Wildman–Crippen MR) is 111 cm³/mol. The summed E-state index contributed by atoms with van der Waals surface area (Å²) in [5.41, 5.74) is 5.23. The van der Waals surface area contributed by atoms with Crippen molar-refractivity contribution >= 4 is 22.1 Å². The van der Waals surface area contributed by atoms with Gasteiger partial charge in [-0.3, -0.25) is 14.1 Å². The molecule has 0 fully saturated rings. The van der Waals surface area contributed by atoms with Crippen LogP contribution in [0.15, 0.2) is 36.4 Å². The van der Waals surface area contributed by atoms with Crippen LogP contribution in [0, 0.1) is 0 Å². The SMILES string of the molecule is COc1ccc(C(C(=O)O)c2cc(O)ccc2O)cc1O.N[C@@H](CCS(=O)(=O)O)C(=O)O. The van der Waals surface area contributed by atoms with Crippen molar-refractivity contribution in [2.45, 2.75) is 18.4 Å². The maximum atomic E-state index is 11.5. The third-order valence-corrected chi connectivity index (χ3v) is 4.86. The highest BCUT2D eigenvalue weighted by Gasteiger charge is 2.26. The number of hydrogen-bond acceptors (Lipinski definition) is 9. The molecular weight excluding hydrogens is 450 g/mol. The molecule has 2 atom stereocenters. The van der Waals surface area contributed by atoms with Gasteiger partial charge in [0.1, 0.15) is 23.5 Å². The molecule has 0 aliphatic carbocycles. The average Bonchev–Trinajstić information content (AvgIpc) is 2.68. The Labute approximate surface area is 182 Å². The number of aromatic hydroxyl groups is 3. The second-order valence-corrected chi connectivity index (χ2v) is 8.04. The van der Waals surface area contributed by atoms with Gasteiger partial charge in [-0.2, -0.15) is 8.42 Å². The number of hydrogen-bond donors (Lipinski definition) is 7. The molecule has 8 N–H and O–H groups in total. The van der Waals surface area contributed by atoms with Crippen molar-refractivity contribution in [1.29, 1.82) is 0 Å². The first kappa shape index (κ1) is 26.5. The van der Waals surface area contributed by atoms with Crippen molar-refractivity contribution in [3.05, 3.63) is 47.5 Å². The smallest absolute Gasteiger partial charge is 0.320 e. The van der Waals surface area contributed by atoms with Gasteiger partial charge in [-0.15, -0.1) is 0 Å². The number of ether oxygens (including phenoxy) is 1. The first-order valence-electron chi connectivity index (χ1n) is 8.82. The maximum Gasteiger partial charge on any atom is 0.320 e. The molecule has 176 valence electrons. The molecule has 2 aromatic rings. The first-order valence-corrected chi connectivity index (χ1v) is 10.4. The van der Waals surface area contributed by atoms with Gasteiger partial charge in [0.05, 0.1) is 12.9 Å². The van der Waals surface area contributed by atoms with Gasteiger partial charge in [0.2, 0.25) is 0 Å². The van der Waals surface area contributed by atoms with Gasteiger partial charge in [-0.05, 0) is 42.3 Å². The van der Waals surface area contributed by atoms with E-state index in [1.54, 1.807) is 0 Å². The van der Waals surface area contributed by atoms with E-state index in [-0.39, 0.29) is 40.5 Å². The summed E-state index contributed by atoms with van der Waals surface area (Å²) in [7, 11) is -2.72. The fraction of sp³-hybridized carbons (Fsp3) is 0.263. The second-order valence-electron chi connectivity index (χ2n) is 6.47. The van der Waals surface area contributed by atoms with Crippen LogP contribution in [-0.4, -0.2) is 69.3 Å². The number of carboxylic acids is 2. The number of phenolic OH excluding ortho intramolecular Hbond substituents is 3. The highest BCUT2D eigenvalue weighted by Crippen LogP contribution is 2.37. The number of rotatable bonds is 8. The lowest BCUT2D eigenvalue weighted by Crippen LogP contribution is -2.32. The fourth-order valence-corrected chi connectivity index (χ4v) is 3.07. The molecule has 0 aliphatic rings. The Hall–Kier alpha value is -3.55. The molecule has 13 heteroatoms. The number of aliphatic carboxylic acids is 2. The lowest BCUT2D eigenvalue weighted by molar-refractivity contribution is -0.139. The topological polar surface area (TPSA) is 225 Å². The number of carboxylic acid groups (broad SMARTS) is 2. The van der Waals surface area contributed by atoms with E-state index in [4.69, 9.17) is 20.1 Å². The molecule has 0 aliphatic heterocycles. The summed E-state index contributed by atoms with van der Waals surface area (Å²) in [5, 5.41) is 46.7. The largest absolute Gasteiger partial charge is 0.508 e. The molecule has 2 aromatic carbocycles. The van der Waals surface area contributed by atoms with Crippen LogP contribution in [0.4, 0.5) is 0 Å². The lowest BCUT2D eigenvalue weighted by atomic mass is 9.90. The molecule has 2 rings (SSSR count). The summed E-state index contributed by atoms with van der Waals surface area (Å²) in [4.78, 5) is 21.5. The molecule has 12 nitrogen and oxygen atoms in total. The molecule has 32 heavy (non-hydrogen) atoms. The molecule has 0 saturated heterocycles. The molecule has 0 heterocycles. The average molecular weight is 473 g/mol. The Balaban J connectivity index is 0.000000396. The predicted octanol–water partition coefficient (Wildman–Crippen LogP) is 0.705. The molecule has 0 radical (unpaired) electrons. The van der Waals surface area contributed by atoms with Crippen molar-refractivity contribution < 1.29 is 52.8 Å². The number of carbonyl (C=O) groups is 2. The molecule has 1 unspecified atom stereocenters. The van der Waals surface area contributed by atoms with Gasteiger partial charge in [0, 0.05) is 5.56 Å². The second kappa shape index (κ2) is 11.2. The maximum absolute atomic E-state index is 11.5.